The van der Waals surface area contributed by atoms with E-state index < -0.39 is 0 Å². The summed E-state index contributed by atoms with van der Waals surface area (Å²) in [5.41, 5.74) is 7.67. The number of nitrogens with zero attached hydrogens (tertiary/aromatic N) is 1. The molecule has 0 radical (unpaired) electrons. The molecule has 4 N–H and O–H groups in total. The van der Waals surface area contributed by atoms with Crippen LogP contribution in [0.2, 0.25) is 5.02 Å². The lowest BCUT2D eigenvalue weighted by atomic mass is 9.97. The Hall–Kier alpha value is -1.85. The molecule has 1 aromatic heterocycles. The van der Waals surface area contributed by atoms with Gasteiger partial charge in [-0.3, -0.25) is 9.89 Å². The molecule has 1 aromatic carbocycles. The molecule has 1 heterocycles. The Labute approximate surface area is 134 Å². The van der Waals surface area contributed by atoms with Crippen LogP contribution in [-0.4, -0.2) is 28.2 Å². The Morgan fingerprint density at radius 1 is 1.32 bits per heavy atom. The van der Waals surface area contributed by atoms with E-state index >= 15 is 0 Å². The number of rotatable bonds is 4. The quantitative estimate of drug-likeness (QED) is 0.810. The normalized spacial score (nSPS) is 16.6. The van der Waals surface area contributed by atoms with Gasteiger partial charge >= 0.3 is 0 Å². The van der Waals surface area contributed by atoms with E-state index in [1.54, 1.807) is 18.2 Å². The van der Waals surface area contributed by atoms with Gasteiger partial charge < -0.3 is 11.1 Å². The first-order valence-corrected chi connectivity index (χ1v) is 7.84. The van der Waals surface area contributed by atoms with Gasteiger partial charge in [-0.15, -0.1) is 0 Å². The van der Waals surface area contributed by atoms with Crippen molar-refractivity contribution >= 4 is 17.5 Å². The van der Waals surface area contributed by atoms with Crippen LogP contribution in [-0.2, 0) is 0 Å². The van der Waals surface area contributed by atoms with Gasteiger partial charge in [-0.05, 0) is 31.0 Å². The average molecular weight is 319 g/mol. The number of H-pyrrole nitrogens is 1. The number of aromatic nitrogens is 2. The Balaban J connectivity index is 1.75. The maximum atomic E-state index is 12.4. The second-order valence-corrected chi connectivity index (χ2v) is 6.26. The SMILES string of the molecule is NCC1(NC(=O)c2cc(-c3ccc(Cl)cc3)n[nH]2)CCCC1. The minimum atomic E-state index is -0.261. The number of carbonyl (C=O) groups is 1. The van der Waals surface area contributed by atoms with Gasteiger partial charge in [-0.25, -0.2) is 0 Å². The Morgan fingerprint density at radius 2 is 2.00 bits per heavy atom. The number of hydrogen-bond donors (Lipinski definition) is 3. The lowest BCUT2D eigenvalue weighted by Gasteiger charge is -2.28. The summed E-state index contributed by atoms with van der Waals surface area (Å²) in [6.45, 7) is 0.469. The number of carbonyl (C=O) groups excluding carboxylic acids is 1. The van der Waals surface area contributed by atoms with Crippen LogP contribution in [0, 0.1) is 0 Å². The van der Waals surface area contributed by atoms with E-state index in [1.807, 2.05) is 12.1 Å². The topological polar surface area (TPSA) is 83.8 Å². The lowest BCUT2D eigenvalue weighted by Crippen LogP contribution is -2.51. The van der Waals surface area contributed by atoms with Gasteiger partial charge in [0.1, 0.15) is 5.69 Å². The molecule has 1 aliphatic rings. The van der Waals surface area contributed by atoms with Crippen molar-refractivity contribution in [3.63, 3.8) is 0 Å². The van der Waals surface area contributed by atoms with Crippen LogP contribution < -0.4 is 11.1 Å². The van der Waals surface area contributed by atoms with Crippen LogP contribution in [0.5, 0.6) is 0 Å². The van der Waals surface area contributed by atoms with E-state index in [0.717, 1.165) is 36.9 Å². The third-order valence-electron chi connectivity index (χ3n) is 4.29. The van der Waals surface area contributed by atoms with Gasteiger partial charge in [0.25, 0.3) is 5.91 Å². The number of nitrogens with two attached hydrogens (primary N) is 1. The van der Waals surface area contributed by atoms with E-state index in [0.29, 0.717) is 17.3 Å². The Morgan fingerprint density at radius 3 is 2.64 bits per heavy atom. The zero-order valence-corrected chi connectivity index (χ0v) is 13.0. The molecule has 0 spiro atoms. The van der Waals surface area contributed by atoms with Crippen LogP contribution in [0.25, 0.3) is 11.3 Å². The van der Waals surface area contributed by atoms with E-state index in [-0.39, 0.29) is 11.4 Å². The highest BCUT2D eigenvalue weighted by Gasteiger charge is 2.34. The zero-order valence-electron chi connectivity index (χ0n) is 12.2. The highest BCUT2D eigenvalue weighted by molar-refractivity contribution is 6.30. The molecule has 1 saturated carbocycles. The largest absolute Gasteiger partial charge is 0.344 e. The van der Waals surface area contributed by atoms with Gasteiger partial charge in [0, 0.05) is 17.1 Å². The first-order valence-electron chi connectivity index (χ1n) is 7.46. The molecule has 1 aliphatic carbocycles. The summed E-state index contributed by atoms with van der Waals surface area (Å²) < 4.78 is 0. The van der Waals surface area contributed by atoms with Crippen LogP contribution >= 0.6 is 11.6 Å². The first kappa shape index (κ1) is 15.1. The second kappa shape index (κ2) is 6.10. The second-order valence-electron chi connectivity index (χ2n) is 5.82. The van der Waals surface area contributed by atoms with Gasteiger partial charge in [-0.1, -0.05) is 36.6 Å². The number of amides is 1. The molecule has 2 aromatic rings. The number of benzene rings is 1. The monoisotopic (exact) mass is 318 g/mol. The van der Waals surface area contributed by atoms with Crippen molar-refractivity contribution in [2.45, 2.75) is 31.2 Å². The van der Waals surface area contributed by atoms with Crippen molar-refractivity contribution in [2.75, 3.05) is 6.54 Å². The summed E-state index contributed by atoms with van der Waals surface area (Å²) in [4.78, 5) is 12.4. The summed E-state index contributed by atoms with van der Waals surface area (Å²) in [6, 6.07) is 9.09. The molecule has 3 rings (SSSR count). The van der Waals surface area contributed by atoms with Crippen molar-refractivity contribution in [2.24, 2.45) is 5.73 Å². The maximum Gasteiger partial charge on any atom is 0.269 e. The van der Waals surface area contributed by atoms with Crippen LogP contribution in [0.3, 0.4) is 0 Å². The van der Waals surface area contributed by atoms with E-state index in [4.69, 9.17) is 17.3 Å². The van der Waals surface area contributed by atoms with Crippen molar-refractivity contribution in [1.82, 2.24) is 15.5 Å². The molecule has 1 amide bonds. The first-order chi connectivity index (χ1) is 10.6. The lowest BCUT2D eigenvalue weighted by molar-refractivity contribution is 0.0898. The van der Waals surface area contributed by atoms with E-state index in [1.165, 1.54) is 0 Å². The minimum absolute atomic E-state index is 0.153. The van der Waals surface area contributed by atoms with Crippen molar-refractivity contribution in [1.29, 1.82) is 0 Å². The average Bonchev–Trinajstić information content (AvgIpc) is 3.18. The third kappa shape index (κ3) is 3.00. The smallest absolute Gasteiger partial charge is 0.269 e. The van der Waals surface area contributed by atoms with Crippen molar-refractivity contribution < 1.29 is 4.79 Å². The maximum absolute atomic E-state index is 12.4. The molecule has 0 atom stereocenters. The summed E-state index contributed by atoms with van der Waals surface area (Å²) >= 11 is 5.88. The zero-order chi connectivity index (χ0) is 15.6. The molecule has 22 heavy (non-hydrogen) atoms. The minimum Gasteiger partial charge on any atom is -0.344 e. The van der Waals surface area contributed by atoms with E-state index in [9.17, 15) is 4.79 Å². The molecular formula is C16H19ClN4O. The predicted molar refractivity (Wildman–Crippen MR) is 86.8 cm³/mol. The van der Waals surface area contributed by atoms with Crippen LogP contribution in [0.1, 0.15) is 36.2 Å². The fourth-order valence-corrected chi connectivity index (χ4v) is 3.07. The van der Waals surface area contributed by atoms with Crippen LogP contribution in [0.15, 0.2) is 30.3 Å². The highest BCUT2D eigenvalue weighted by Crippen LogP contribution is 2.29. The third-order valence-corrected chi connectivity index (χ3v) is 4.54. The van der Waals surface area contributed by atoms with Gasteiger partial charge in [-0.2, -0.15) is 5.10 Å². The molecule has 0 aliphatic heterocycles. The number of nitrogens with one attached hydrogen (secondary N) is 2. The molecule has 0 bridgehead atoms. The fraction of sp³-hybridized carbons (Fsp3) is 0.375. The standard InChI is InChI=1S/C16H19ClN4O/c17-12-5-3-11(4-6-12)13-9-14(21-20-13)15(22)19-16(10-18)7-1-2-8-16/h3-6,9H,1-2,7-8,10,18H2,(H,19,22)(H,20,21). The molecule has 1 fully saturated rings. The predicted octanol–water partition coefficient (Wildman–Crippen LogP) is 2.73. The Bertz CT molecular complexity index is 659. The molecular weight excluding hydrogens is 300 g/mol. The fourth-order valence-electron chi connectivity index (χ4n) is 2.95. The summed E-state index contributed by atoms with van der Waals surface area (Å²) in [5, 5.41) is 10.7. The van der Waals surface area contributed by atoms with Gasteiger partial charge in [0.2, 0.25) is 0 Å². The van der Waals surface area contributed by atoms with Crippen molar-refractivity contribution in [3.8, 4) is 11.3 Å². The summed E-state index contributed by atoms with van der Waals surface area (Å²) in [5.74, 6) is -0.153. The van der Waals surface area contributed by atoms with Crippen LogP contribution in [0.4, 0.5) is 0 Å². The van der Waals surface area contributed by atoms with Gasteiger partial charge in [0.05, 0.1) is 11.2 Å². The highest BCUT2D eigenvalue weighted by atomic mass is 35.5. The Kier molecular flexibility index (Phi) is 4.18. The molecule has 0 unspecified atom stereocenters. The molecule has 5 nitrogen and oxygen atoms in total. The molecule has 116 valence electrons. The molecule has 6 heteroatoms. The van der Waals surface area contributed by atoms with Crippen molar-refractivity contribution in [3.05, 3.63) is 41.0 Å². The number of aromatic amines is 1. The number of halogens is 1. The molecule has 0 saturated heterocycles. The summed E-state index contributed by atoms with van der Waals surface area (Å²) in [6.07, 6.45) is 4.09. The summed E-state index contributed by atoms with van der Waals surface area (Å²) in [7, 11) is 0. The van der Waals surface area contributed by atoms with Gasteiger partial charge in [0.15, 0.2) is 0 Å². The van der Waals surface area contributed by atoms with E-state index in [2.05, 4.69) is 15.5 Å². The number of hydrogen-bond acceptors (Lipinski definition) is 3.